The molecule has 3 atom stereocenters. The molecule has 0 heterocycles. The average molecular weight is 447 g/mol. The topological polar surface area (TPSA) is 0 Å². The third-order valence-corrected chi connectivity index (χ3v) is 6.79. The highest BCUT2D eigenvalue weighted by Gasteiger charge is 2.05. The Morgan fingerprint density at radius 2 is 0.793 bits per heavy atom. The zero-order chi connectivity index (χ0) is 21.8. The van der Waals surface area contributed by atoms with Crippen LogP contribution in [0.3, 0.4) is 0 Å². The smallest absolute Gasteiger partial charge is 0.0378 e. The van der Waals surface area contributed by atoms with Crippen LogP contribution < -0.4 is 0 Å². The Labute approximate surface area is 192 Å². The largest absolute Gasteiger partial charge is 0.138 e. The van der Waals surface area contributed by atoms with Crippen LogP contribution in [0.5, 0.6) is 0 Å². The van der Waals surface area contributed by atoms with E-state index in [0.717, 1.165) is 5.92 Å². The van der Waals surface area contributed by atoms with Crippen molar-refractivity contribution in [2.45, 2.75) is 156 Å². The molecule has 3 unspecified atom stereocenters. The van der Waals surface area contributed by atoms with E-state index in [4.69, 9.17) is 0 Å². The van der Waals surface area contributed by atoms with Crippen LogP contribution in [0.4, 0.5) is 0 Å². The summed E-state index contributed by atoms with van der Waals surface area (Å²) >= 11 is 0. The maximum absolute atomic E-state index is 2.88. The molecule has 0 aromatic heterocycles. The predicted molar refractivity (Wildman–Crippen MR) is 147 cm³/mol. The highest BCUT2D eigenvalue weighted by atomic mass is 31.0. The monoisotopic (exact) mass is 446 g/mol. The Morgan fingerprint density at radius 1 is 0.379 bits per heavy atom. The Bertz CT molecular complexity index is 239. The van der Waals surface area contributed by atoms with E-state index < -0.39 is 0 Å². The van der Waals surface area contributed by atoms with Gasteiger partial charge in [-0.25, -0.2) is 0 Å². The Hall–Kier alpha value is 0.860. The van der Waals surface area contributed by atoms with E-state index >= 15 is 0 Å². The molecule has 0 amide bonds. The minimum atomic E-state index is 1.01. The first-order chi connectivity index (χ1) is 14.3. The molecule has 0 N–H and O–H groups in total. The highest BCUT2D eigenvalue weighted by molar-refractivity contribution is 7.16. The second kappa shape index (κ2) is 31.0. The van der Waals surface area contributed by atoms with Crippen LogP contribution in [0.25, 0.3) is 0 Å². The number of hydrogen-bond donors (Lipinski definition) is 0. The molecule has 0 fully saturated rings. The Kier molecular flexibility index (Phi) is 34.3. The fraction of sp³-hybridized carbons (Fsp3) is 1.00. The zero-order valence-electron chi connectivity index (χ0n) is 21.0. The predicted octanol–water partition coefficient (Wildman–Crippen LogP) is 10.6. The third kappa shape index (κ3) is 31.1. The van der Waals surface area contributed by atoms with Crippen molar-refractivity contribution in [3.63, 3.8) is 0 Å². The van der Waals surface area contributed by atoms with Crippen LogP contribution in [0.1, 0.15) is 156 Å². The van der Waals surface area contributed by atoms with E-state index in [0.29, 0.717) is 0 Å². The van der Waals surface area contributed by atoms with Gasteiger partial charge in [0.1, 0.15) is 0 Å². The maximum atomic E-state index is 2.88. The normalized spacial score (nSPS) is 11.9. The van der Waals surface area contributed by atoms with Gasteiger partial charge in [0.15, 0.2) is 0 Å². The molecule has 2 heteroatoms. The summed E-state index contributed by atoms with van der Waals surface area (Å²) in [4.78, 5) is 0. The summed E-state index contributed by atoms with van der Waals surface area (Å²) in [5.41, 5.74) is 0. The van der Waals surface area contributed by atoms with Crippen LogP contribution in [0, 0.1) is 5.92 Å². The maximum Gasteiger partial charge on any atom is -0.0378 e. The molecule has 29 heavy (non-hydrogen) atoms. The van der Waals surface area contributed by atoms with Gasteiger partial charge in [-0.1, -0.05) is 143 Å². The molecule has 0 saturated heterocycles. The van der Waals surface area contributed by atoms with Crippen molar-refractivity contribution < 1.29 is 0 Å². The van der Waals surface area contributed by atoms with Gasteiger partial charge in [-0.15, -0.1) is 18.5 Å². The number of rotatable bonds is 22. The van der Waals surface area contributed by atoms with Crippen LogP contribution in [0.15, 0.2) is 0 Å². The van der Waals surface area contributed by atoms with Crippen LogP contribution in [-0.2, 0) is 0 Å². The quantitative estimate of drug-likeness (QED) is 0.115. The van der Waals surface area contributed by atoms with Crippen LogP contribution in [0.2, 0.25) is 0 Å². The summed E-state index contributed by atoms with van der Waals surface area (Å²) in [5.74, 6) is 1.01. The van der Waals surface area contributed by atoms with E-state index in [1.54, 1.807) is 0 Å². The minimum absolute atomic E-state index is 1.01. The van der Waals surface area contributed by atoms with Gasteiger partial charge >= 0.3 is 0 Å². The number of hydrogen-bond acceptors (Lipinski definition) is 0. The van der Waals surface area contributed by atoms with Crippen molar-refractivity contribution >= 4 is 18.5 Å². The molecule has 0 bridgehead atoms. The number of unbranched alkanes of at least 4 members (excludes halogenated alkanes) is 15. The molecule has 0 nitrogen and oxygen atoms in total. The van der Waals surface area contributed by atoms with E-state index in [1.165, 1.54) is 147 Å². The lowest BCUT2D eigenvalue weighted by molar-refractivity contribution is 0.410. The molecule has 0 aliphatic heterocycles. The lowest BCUT2D eigenvalue weighted by Gasteiger charge is -2.14. The lowest BCUT2D eigenvalue weighted by atomic mass is 9.94. The zero-order valence-corrected chi connectivity index (χ0v) is 23.3. The van der Waals surface area contributed by atoms with Gasteiger partial charge < -0.3 is 0 Å². The second-order valence-corrected chi connectivity index (χ2v) is 10.3. The van der Waals surface area contributed by atoms with Gasteiger partial charge in [-0.3, -0.25) is 0 Å². The third-order valence-electron chi connectivity index (χ3n) is 6.05. The molecule has 0 radical (unpaired) electrons. The second-order valence-electron chi connectivity index (χ2n) is 9.11. The summed E-state index contributed by atoms with van der Waals surface area (Å²) in [7, 11) is 5.69. The Balaban J connectivity index is 0. The SMILES string of the molecule is CCCCCCCCCC(CCC)CCP.CCCCCCCCCCCCP. The first-order valence-corrected chi connectivity index (χ1v) is 15.3. The van der Waals surface area contributed by atoms with Crippen molar-refractivity contribution in [2.75, 3.05) is 12.3 Å². The van der Waals surface area contributed by atoms with Gasteiger partial charge in [0.05, 0.1) is 0 Å². The van der Waals surface area contributed by atoms with Crippen molar-refractivity contribution in [3.8, 4) is 0 Å². The van der Waals surface area contributed by atoms with E-state index in [1.807, 2.05) is 0 Å². The van der Waals surface area contributed by atoms with Crippen molar-refractivity contribution in [3.05, 3.63) is 0 Å². The van der Waals surface area contributed by atoms with Crippen LogP contribution in [-0.4, -0.2) is 12.3 Å². The molecule has 178 valence electrons. The van der Waals surface area contributed by atoms with Crippen molar-refractivity contribution in [1.29, 1.82) is 0 Å². The molecular weight excluding hydrogens is 386 g/mol. The molecule has 0 aliphatic rings. The first-order valence-electron chi connectivity index (χ1n) is 13.7. The fourth-order valence-corrected chi connectivity index (χ4v) is 4.86. The van der Waals surface area contributed by atoms with E-state index in [-0.39, 0.29) is 0 Å². The molecule has 0 rings (SSSR count). The molecule has 0 aromatic rings. The summed E-state index contributed by atoms with van der Waals surface area (Å²) in [6.07, 6.45) is 32.9. The summed E-state index contributed by atoms with van der Waals surface area (Å²) in [6.45, 7) is 6.89. The fourth-order valence-electron chi connectivity index (χ4n) is 4.10. The van der Waals surface area contributed by atoms with Crippen molar-refractivity contribution in [1.82, 2.24) is 0 Å². The first kappa shape index (κ1) is 32.0. The molecule has 0 aromatic carbocycles. The average Bonchev–Trinajstić information content (AvgIpc) is 2.73. The molecule has 0 saturated carbocycles. The lowest BCUT2D eigenvalue weighted by Crippen LogP contribution is -2.01. The summed E-state index contributed by atoms with van der Waals surface area (Å²) < 4.78 is 0. The minimum Gasteiger partial charge on any atom is -0.138 e. The molecule has 0 spiro atoms. The van der Waals surface area contributed by atoms with Crippen LogP contribution >= 0.6 is 18.5 Å². The molecule has 0 aliphatic carbocycles. The van der Waals surface area contributed by atoms with Gasteiger partial charge in [0.25, 0.3) is 0 Å². The summed E-state index contributed by atoms with van der Waals surface area (Å²) in [5, 5.41) is 0. The van der Waals surface area contributed by atoms with E-state index in [9.17, 15) is 0 Å². The van der Waals surface area contributed by atoms with Gasteiger partial charge in [-0.2, -0.15) is 0 Å². The van der Waals surface area contributed by atoms with E-state index in [2.05, 4.69) is 39.3 Å². The standard InChI is InChI=1S/C15H33P.C12H27P/c1-3-5-6-7-8-9-10-12-15(11-4-2)13-14-16;1-2-3-4-5-6-7-8-9-10-11-12-13/h15H,3-14,16H2,1-2H3;2-13H2,1H3. The highest BCUT2D eigenvalue weighted by Crippen LogP contribution is 2.20. The van der Waals surface area contributed by atoms with Gasteiger partial charge in [0, 0.05) is 0 Å². The Morgan fingerprint density at radius 3 is 1.17 bits per heavy atom. The van der Waals surface area contributed by atoms with Gasteiger partial charge in [-0.05, 0) is 31.1 Å². The summed E-state index contributed by atoms with van der Waals surface area (Å²) in [6, 6.07) is 0. The molecular formula is C27H60P2. The van der Waals surface area contributed by atoms with Crippen molar-refractivity contribution in [2.24, 2.45) is 5.92 Å². The van der Waals surface area contributed by atoms with Gasteiger partial charge in [0.2, 0.25) is 0 Å².